The number of rotatable bonds is 6. The van der Waals surface area contributed by atoms with E-state index in [1.807, 2.05) is 0 Å². The van der Waals surface area contributed by atoms with Crippen LogP contribution in [-0.2, 0) is 14.4 Å². The minimum atomic E-state index is -1.30. The summed E-state index contributed by atoms with van der Waals surface area (Å²) in [6.45, 7) is 1.77. The Morgan fingerprint density at radius 1 is 1.38 bits per heavy atom. The van der Waals surface area contributed by atoms with Crippen LogP contribution in [0.1, 0.15) is 13.3 Å². The van der Waals surface area contributed by atoms with E-state index in [1.165, 1.54) is 6.08 Å². The Labute approximate surface area is 92.8 Å². The Bertz CT molecular complexity index is 334. The van der Waals surface area contributed by atoms with Crippen molar-refractivity contribution < 1.29 is 19.5 Å². The smallest absolute Gasteiger partial charge is 0.326 e. The normalized spacial score (nSPS) is 12.8. The summed E-state index contributed by atoms with van der Waals surface area (Å²) in [5, 5.41) is 10.8. The molecular formula is C10H14N2O4. The van der Waals surface area contributed by atoms with Gasteiger partial charge in [-0.05, 0) is 6.92 Å². The third-order valence-electron chi connectivity index (χ3n) is 1.57. The predicted octanol–water partition coefficient (Wildman–Crippen LogP) is -0.436. The highest BCUT2D eigenvalue weighted by molar-refractivity contribution is 5.93. The van der Waals surface area contributed by atoms with Crippen molar-refractivity contribution in [2.75, 3.05) is 0 Å². The maximum atomic E-state index is 11.2. The van der Waals surface area contributed by atoms with Crippen molar-refractivity contribution in [2.45, 2.75) is 19.4 Å². The molecule has 0 saturated heterocycles. The molecule has 1 atom stereocenters. The molecule has 0 heterocycles. The van der Waals surface area contributed by atoms with Crippen molar-refractivity contribution in [1.82, 2.24) is 5.32 Å². The van der Waals surface area contributed by atoms with Gasteiger partial charge in [-0.15, -0.1) is 0 Å². The third kappa shape index (κ3) is 6.36. The first-order valence-electron chi connectivity index (χ1n) is 4.58. The van der Waals surface area contributed by atoms with Crippen molar-refractivity contribution in [1.29, 1.82) is 0 Å². The second-order valence-electron chi connectivity index (χ2n) is 2.95. The lowest BCUT2D eigenvalue weighted by Gasteiger charge is -2.10. The first-order chi connectivity index (χ1) is 7.47. The molecule has 0 unspecified atom stereocenters. The number of carboxylic acid groups (broad SMARTS) is 1. The third-order valence-corrected chi connectivity index (χ3v) is 1.57. The van der Waals surface area contributed by atoms with E-state index in [2.05, 4.69) is 5.32 Å². The molecule has 0 spiro atoms. The van der Waals surface area contributed by atoms with Crippen LogP contribution < -0.4 is 11.1 Å². The van der Waals surface area contributed by atoms with Crippen LogP contribution in [-0.4, -0.2) is 28.9 Å². The zero-order valence-corrected chi connectivity index (χ0v) is 8.84. The average Bonchev–Trinajstić information content (AvgIpc) is 2.16. The highest BCUT2D eigenvalue weighted by Crippen LogP contribution is 1.92. The Hall–Kier alpha value is -2.11. The van der Waals surface area contributed by atoms with Gasteiger partial charge in [-0.1, -0.05) is 18.2 Å². The van der Waals surface area contributed by atoms with Gasteiger partial charge in [-0.3, -0.25) is 9.59 Å². The van der Waals surface area contributed by atoms with Crippen molar-refractivity contribution >= 4 is 17.8 Å². The molecule has 0 aliphatic heterocycles. The van der Waals surface area contributed by atoms with Crippen LogP contribution >= 0.6 is 0 Å². The standard InChI is InChI=1S/C10H14N2O4/c1-2-3-4-5-9(14)12-7(10(15)16)6-8(11)13/h2-5,7H,6H2,1H3,(H2,11,13)(H,12,14)(H,15,16)/t7-/m0/s1. The van der Waals surface area contributed by atoms with E-state index in [-0.39, 0.29) is 0 Å². The Balaban J connectivity index is 4.34. The quantitative estimate of drug-likeness (QED) is 0.421. The molecule has 0 radical (unpaired) electrons. The largest absolute Gasteiger partial charge is 0.480 e. The molecule has 4 N–H and O–H groups in total. The van der Waals surface area contributed by atoms with Crippen LogP contribution in [0.3, 0.4) is 0 Å². The van der Waals surface area contributed by atoms with Gasteiger partial charge in [0.2, 0.25) is 11.8 Å². The van der Waals surface area contributed by atoms with Crippen LogP contribution in [0.2, 0.25) is 0 Å². The zero-order valence-electron chi connectivity index (χ0n) is 8.84. The fraction of sp³-hybridized carbons (Fsp3) is 0.300. The van der Waals surface area contributed by atoms with Gasteiger partial charge in [0.15, 0.2) is 0 Å². The van der Waals surface area contributed by atoms with Gasteiger partial charge in [-0.2, -0.15) is 0 Å². The molecule has 0 saturated carbocycles. The van der Waals surface area contributed by atoms with E-state index in [0.29, 0.717) is 0 Å². The summed E-state index contributed by atoms with van der Waals surface area (Å²) in [6, 6.07) is -1.29. The number of carboxylic acids is 1. The molecule has 2 amide bonds. The first-order valence-corrected chi connectivity index (χ1v) is 4.58. The molecule has 0 aromatic rings. The van der Waals surface area contributed by atoms with Crippen LogP contribution in [0.4, 0.5) is 0 Å². The SMILES string of the molecule is CC=CC=CC(=O)N[C@@H](CC(N)=O)C(=O)O. The van der Waals surface area contributed by atoms with Gasteiger partial charge in [0.05, 0.1) is 6.42 Å². The number of hydrogen-bond acceptors (Lipinski definition) is 3. The van der Waals surface area contributed by atoms with Gasteiger partial charge in [0, 0.05) is 6.08 Å². The van der Waals surface area contributed by atoms with E-state index in [9.17, 15) is 14.4 Å². The summed E-state index contributed by atoms with van der Waals surface area (Å²) in [5.74, 6) is -2.68. The first kappa shape index (κ1) is 13.9. The van der Waals surface area contributed by atoms with Gasteiger partial charge >= 0.3 is 5.97 Å². The molecule has 0 rings (SSSR count). The molecule has 0 aliphatic carbocycles. The topological polar surface area (TPSA) is 109 Å². The Kier molecular flexibility index (Phi) is 6.27. The highest BCUT2D eigenvalue weighted by Gasteiger charge is 2.20. The lowest BCUT2D eigenvalue weighted by Crippen LogP contribution is -2.42. The van der Waals surface area contributed by atoms with Crippen molar-refractivity contribution in [3.05, 3.63) is 24.3 Å². The number of nitrogens with one attached hydrogen (secondary N) is 1. The summed E-state index contributed by atoms with van der Waals surface area (Å²) < 4.78 is 0. The Morgan fingerprint density at radius 3 is 2.44 bits per heavy atom. The molecule has 0 fully saturated rings. The number of aliphatic carboxylic acids is 1. The van der Waals surface area contributed by atoms with E-state index in [1.54, 1.807) is 19.1 Å². The number of allylic oxidation sites excluding steroid dienone is 3. The fourth-order valence-corrected chi connectivity index (χ4v) is 0.875. The monoisotopic (exact) mass is 226 g/mol. The summed E-state index contributed by atoms with van der Waals surface area (Å²) in [5.41, 5.74) is 4.85. The van der Waals surface area contributed by atoms with E-state index >= 15 is 0 Å². The zero-order chi connectivity index (χ0) is 12.6. The predicted molar refractivity (Wildman–Crippen MR) is 57.3 cm³/mol. The number of hydrogen-bond donors (Lipinski definition) is 3. The number of carbonyl (C=O) groups is 3. The van der Waals surface area contributed by atoms with Gasteiger partial charge in [0.25, 0.3) is 0 Å². The number of primary amides is 1. The Morgan fingerprint density at radius 2 is 2.00 bits per heavy atom. The fourth-order valence-electron chi connectivity index (χ4n) is 0.875. The minimum Gasteiger partial charge on any atom is -0.480 e. The number of amides is 2. The highest BCUT2D eigenvalue weighted by atomic mass is 16.4. The lowest BCUT2D eigenvalue weighted by molar-refractivity contribution is -0.142. The molecule has 0 aromatic carbocycles. The van der Waals surface area contributed by atoms with Gasteiger partial charge < -0.3 is 16.2 Å². The van der Waals surface area contributed by atoms with E-state index in [4.69, 9.17) is 10.8 Å². The molecule has 88 valence electrons. The summed E-state index contributed by atoms with van der Waals surface area (Å²) in [6.07, 6.45) is 5.51. The van der Waals surface area contributed by atoms with Crippen molar-refractivity contribution in [3.63, 3.8) is 0 Å². The van der Waals surface area contributed by atoms with Crippen LogP contribution in [0.15, 0.2) is 24.3 Å². The number of carbonyl (C=O) groups excluding carboxylic acids is 2. The van der Waals surface area contributed by atoms with Gasteiger partial charge in [-0.25, -0.2) is 4.79 Å². The average molecular weight is 226 g/mol. The van der Waals surface area contributed by atoms with E-state index < -0.39 is 30.2 Å². The molecule has 6 heteroatoms. The molecule has 0 aromatic heterocycles. The summed E-state index contributed by atoms with van der Waals surface area (Å²) in [7, 11) is 0. The molecule has 6 nitrogen and oxygen atoms in total. The number of nitrogens with two attached hydrogens (primary N) is 1. The van der Waals surface area contributed by atoms with E-state index in [0.717, 1.165) is 6.08 Å². The maximum Gasteiger partial charge on any atom is 0.326 e. The lowest BCUT2D eigenvalue weighted by atomic mass is 10.2. The van der Waals surface area contributed by atoms with Crippen molar-refractivity contribution in [2.24, 2.45) is 5.73 Å². The molecular weight excluding hydrogens is 212 g/mol. The van der Waals surface area contributed by atoms with Crippen LogP contribution in [0, 0.1) is 0 Å². The second kappa shape index (κ2) is 7.22. The summed E-state index contributed by atoms with van der Waals surface area (Å²) >= 11 is 0. The second-order valence-corrected chi connectivity index (χ2v) is 2.95. The van der Waals surface area contributed by atoms with Crippen molar-refractivity contribution in [3.8, 4) is 0 Å². The molecule has 0 aliphatic rings. The summed E-state index contributed by atoms with van der Waals surface area (Å²) in [4.78, 5) is 32.3. The minimum absolute atomic E-state index is 0.432. The maximum absolute atomic E-state index is 11.2. The van der Waals surface area contributed by atoms with Crippen LogP contribution in [0.5, 0.6) is 0 Å². The van der Waals surface area contributed by atoms with Crippen LogP contribution in [0.25, 0.3) is 0 Å². The molecule has 0 bridgehead atoms. The molecule has 16 heavy (non-hydrogen) atoms. The van der Waals surface area contributed by atoms with Gasteiger partial charge in [0.1, 0.15) is 6.04 Å².